The molecule has 11 heteroatoms. The summed E-state index contributed by atoms with van der Waals surface area (Å²) in [4.78, 5) is 51.3. The molecule has 42 heavy (non-hydrogen) atoms. The van der Waals surface area contributed by atoms with Crippen molar-refractivity contribution in [2.75, 3.05) is 20.8 Å². The van der Waals surface area contributed by atoms with E-state index < -0.39 is 53.9 Å². The summed E-state index contributed by atoms with van der Waals surface area (Å²) < 4.78 is 16.6. The minimum Gasteiger partial charge on any atom is -0.439 e. The standard InChI is InChI=1S/C31H43N3O8/c1-8-12-33-26-21-13-17(2)14-25(41-7)27(36)19(4)15-20(5)29(42-31(32)39)24(40-6)11-9-10-18(3)30(38)34-22(28(21)37)16-23(26)35/h8-11,15-17,19,24-25,27,29,33,36H,1,12-14H2,2-7H3,(H2,32,39)(H,34,38)/b11-9-,18-10?,20-15?/t17-,19+,24+,25+,27-,29+/m1/s1. The van der Waals surface area contributed by atoms with Gasteiger partial charge in [-0.05, 0) is 38.2 Å². The van der Waals surface area contributed by atoms with Crippen LogP contribution in [0, 0.1) is 11.8 Å². The lowest BCUT2D eigenvalue weighted by Crippen LogP contribution is -2.37. The van der Waals surface area contributed by atoms with Crippen molar-refractivity contribution in [1.29, 1.82) is 0 Å². The van der Waals surface area contributed by atoms with Crippen LogP contribution < -0.4 is 16.4 Å². The number of amides is 2. The van der Waals surface area contributed by atoms with Gasteiger partial charge in [0.1, 0.15) is 6.10 Å². The Hall–Kier alpha value is -3.80. The number of Topliss-reactive ketones (excluding diaryl/α,β-unsaturated/α-hetero) is 1. The predicted molar refractivity (Wildman–Crippen MR) is 158 cm³/mol. The number of allylic oxidation sites excluding steroid dienone is 4. The van der Waals surface area contributed by atoms with E-state index in [1.807, 2.05) is 6.92 Å². The summed E-state index contributed by atoms with van der Waals surface area (Å²) in [5, 5.41) is 16.7. The zero-order valence-electron chi connectivity index (χ0n) is 25.1. The molecule has 0 saturated heterocycles. The summed E-state index contributed by atoms with van der Waals surface area (Å²) in [6, 6.07) is 0. The van der Waals surface area contributed by atoms with Crippen LogP contribution in [0.15, 0.2) is 71.1 Å². The van der Waals surface area contributed by atoms with Crippen molar-refractivity contribution in [2.45, 2.75) is 65.0 Å². The van der Waals surface area contributed by atoms with Gasteiger partial charge in [0, 0.05) is 43.9 Å². The highest BCUT2D eigenvalue weighted by molar-refractivity contribution is 6.23. The first-order valence-corrected chi connectivity index (χ1v) is 13.8. The van der Waals surface area contributed by atoms with Crippen molar-refractivity contribution in [3.8, 4) is 0 Å². The van der Waals surface area contributed by atoms with Crippen LogP contribution in [0.3, 0.4) is 0 Å². The van der Waals surface area contributed by atoms with Crippen LogP contribution in [-0.2, 0) is 28.6 Å². The molecule has 230 valence electrons. The van der Waals surface area contributed by atoms with Gasteiger partial charge < -0.3 is 35.7 Å². The molecule has 2 rings (SSSR count). The number of fused-ring (bicyclic) bond motifs is 2. The molecule has 5 N–H and O–H groups in total. The van der Waals surface area contributed by atoms with E-state index in [1.54, 1.807) is 45.1 Å². The lowest BCUT2D eigenvalue weighted by atomic mass is 9.85. The van der Waals surface area contributed by atoms with Crippen molar-refractivity contribution in [3.63, 3.8) is 0 Å². The van der Waals surface area contributed by atoms with Crippen LogP contribution in [0.25, 0.3) is 0 Å². The van der Waals surface area contributed by atoms with Crippen LogP contribution in [-0.4, -0.2) is 73.9 Å². The molecule has 11 nitrogen and oxygen atoms in total. The Morgan fingerprint density at radius 2 is 1.90 bits per heavy atom. The number of methoxy groups -OCH3 is 2. The Kier molecular flexibility index (Phi) is 13.1. The molecule has 0 spiro atoms. The van der Waals surface area contributed by atoms with Gasteiger partial charge in [-0.1, -0.05) is 44.2 Å². The number of hydrogen-bond donors (Lipinski definition) is 4. The van der Waals surface area contributed by atoms with Gasteiger partial charge in [-0.3, -0.25) is 14.4 Å². The Bertz CT molecular complexity index is 1210. The fraction of sp³-hybridized carbons (Fsp3) is 0.484. The quantitative estimate of drug-likeness (QED) is 0.271. The maximum absolute atomic E-state index is 13.5. The fourth-order valence-corrected chi connectivity index (χ4v) is 4.95. The molecule has 6 atom stereocenters. The van der Waals surface area contributed by atoms with E-state index in [1.165, 1.54) is 20.3 Å². The van der Waals surface area contributed by atoms with E-state index in [-0.39, 0.29) is 41.4 Å². The number of nitrogens with one attached hydrogen (secondary N) is 2. The number of ketones is 2. The summed E-state index contributed by atoms with van der Waals surface area (Å²) in [6.07, 6.45) is 5.34. The molecule has 2 bridgehead atoms. The molecule has 0 radical (unpaired) electrons. The maximum atomic E-state index is 13.5. The SMILES string of the molecule is C=CCNC1=C2C[C@@H](C)C[C@H](OC)[C@H](O)[C@@H](C)C=C(C)[C@H](OC(N)=O)[C@@H](OC)/C=C\C=C(C)C(=O)NC(=CC1=O)C2=O. The molecule has 0 unspecified atom stereocenters. The Morgan fingerprint density at radius 3 is 2.50 bits per heavy atom. The lowest BCUT2D eigenvalue weighted by Gasteiger charge is -2.30. The van der Waals surface area contributed by atoms with Crippen molar-refractivity contribution in [3.05, 3.63) is 71.1 Å². The third-order valence-corrected chi connectivity index (χ3v) is 7.22. The molecule has 0 aromatic heterocycles. The van der Waals surface area contributed by atoms with Gasteiger partial charge in [-0.15, -0.1) is 6.58 Å². The number of rotatable bonds is 6. The summed E-state index contributed by atoms with van der Waals surface area (Å²) in [6.45, 7) is 10.9. The number of nitrogens with two attached hydrogens (primary N) is 1. The van der Waals surface area contributed by atoms with E-state index in [0.717, 1.165) is 6.08 Å². The number of carbonyl (C=O) groups is 4. The number of ether oxygens (including phenoxy) is 3. The Balaban J connectivity index is 2.62. The Morgan fingerprint density at radius 1 is 1.21 bits per heavy atom. The molecule has 0 fully saturated rings. The molecule has 2 amide bonds. The van der Waals surface area contributed by atoms with Crippen molar-refractivity contribution in [2.24, 2.45) is 17.6 Å². The fourth-order valence-electron chi connectivity index (χ4n) is 4.95. The van der Waals surface area contributed by atoms with E-state index in [4.69, 9.17) is 19.9 Å². The molecule has 1 heterocycles. The summed E-state index contributed by atoms with van der Waals surface area (Å²) in [7, 11) is 2.92. The second-order valence-corrected chi connectivity index (χ2v) is 10.6. The van der Waals surface area contributed by atoms with Crippen LogP contribution in [0.2, 0.25) is 0 Å². The van der Waals surface area contributed by atoms with Gasteiger partial charge in [0.05, 0.1) is 23.6 Å². The predicted octanol–water partition coefficient (Wildman–Crippen LogP) is 2.54. The second kappa shape index (κ2) is 16.0. The molecular weight excluding hydrogens is 542 g/mol. The van der Waals surface area contributed by atoms with E-state index in [9.17, 15) is 24.3 Å². The molecule has 2 aliphatic rings. The molecule has 0 aromatic rings. The number of aliphatic hydroxyl groups excluding tert-OH is 1. The lowest BCUT2D eigenvalue weighted by molar-refractivity contribution is -0.120. The third kappa shape index (κ3) is 9.10. The maximum Gasteiger partial charge on any atom is 0.405 e. The van der Waals surface area contributed by atoms with Crippen molar-refractivity contribution < 1.29 is 38.5 Å². The Labute approximate surface area is 247 Å². The average molecular weight is 586 g/mol. The van der Waals surface area contributed by atoms with Gasteiger partial charge in [0.25, 0.3) is 5.91 Å². The number of carbonyl (C=O) groups excluding carboxylic acids is 4. The van der Waals surface area contributed by atoms with Crippen LogP contribution in [0.4, 0.5) is 4.79 Å². The molecule has 0 aromatic carbocycles. The summed E-state index contributed by atoms with van der Waals surface area (Å²) in [5.41, 5.74) is 6.42. The topological polar surface area (TPSA) is 166 Å². The number of aliphatic hydroxyl groups is 1. The van der Waals surface area contributed by atoms with Gasteiger partial charge in [-0.2, -0.15) is 0 Å². The first-order valence-electron chi connectivity index (χ1n) is 13.8. The van der Waals surface area contributed by atoms with Crippen LogP contribution in [0.1, 0.15) is 40.5 Å². The number of hydrogen-bond acceptors (Lipinski definition) is 9. The van der Waals surface area contributed by atoms with Gasteiger partial charge in [0.2, 0.25) is 11.6 Å². The van der Waals surface area contributed by atoms with E-state index in [2.05, 4.69) is 17.2 Å². The normalized spacial score (nSPS) is 29.1. The van der Waals surface area contributed by atoms with Gasteiger partial charge in [-0.25, -0.2) is 4.79 Å². The van der Waals surface area contributed by atoms with E-state index in [0.29, 0.717) is 12.0 Å². The number of primary amides is 1. The monoisotopic (exact) mass is 585 g/mol. The zero-order valence-corrected chi connectivity index (χ0v) is 25.1. The zero-order chi connectivity index (χ0) is 31.6. The minimum atomic E-state index is -1.00. The smallest absolute Gasteiger partial charge is 0.405 e. The van der Waals surface area contributed by atoms with Crippen molar-refractivity contribution >= 4 is 23.6 Å². The van der Waals surface area contributed by atoms with Crippen LogP contribution >= 0.6 is 0 Å². The van der Waals surface area contributed by atoms with Crippen LogP contribution in [0.5, 0.6) is 0 Å². The average Bonchev–Trinajstić information content (AvgIpc) is 2.94. The molecule has 1 aliphatic heterocycles. The molecular formula is C31H43N3O8. The minimum absolute atomic E-state index is 0.132. The summed E-state index contributed by atoms with van der Waals surface area (Å²) in [5.74, 6) is -2.14. The second-order valence-electron chi connectivity index (χ2n) is 10.6. The highest BCUT2D eigenvalue weighted by Crippen LogP contribution is 2.28. The molecule has 0 saturated carbocycles. The molecule has 1 aliphatic carbocycles. The van der Waals surface area contributed by atoms with Gasteiger partial charge >= 0.3 is 6.09 Å². The van der Waals surface area contributed by atoms with E-state index >= 15 is 0 Å². The van der Waals surface area contributed by atoms with Gasteiger partial charge in [0.15, 0.2) is 6.10 Å². The third-order valence-electron chi connectivity index (χ3n) is 7.22. The largest absolute Gasteiger partial charge is 0.439 e. The highest BCUT2D eigenvalue weighted by atomic mass is 16.6. The summed E-state index contributed by atoms with van der Waals surface area (Å²) >= 11 is 0. The van der Waals surface area contributed by atoms with Crippen molar-refractivity contribution in [1.82, 2.24) is 10.6 Å². The first-order chi connectivity index (χ1) is 19.8. The first kappa shape index (κ1) is 34.4. The highest BCUT2D eigenvalue weighted by Gasteiger charge is 2.33.